The molecule has 3 aliphatic carbocycles. The molecule has 2 aromatic heterocycles. The fourth-order valence-electron chi connectivity index (χ4n) is 5.59. The highest BCUT2D eigenvalue weighted by Crippen LogP contribution is 2.91. The van der Waals surface area contributed by atoms with Gasteiger partial charge in [0, 0.05) is 6.54 Å². The Kier molecular flexibility index (Phi) is 3.88. The number of aliphatic hydroxyl groups excluding tert-OH is 1. The molecule has 0 saturated heterocycles. The van der Waals surface area contributed by atoms with Crippen molar-refractivity contribution in [2.75, 3.05) is 6.54 Å². The quantitative estimate of drug-likeness (QED) is 0.644. The highest BCUT2D eigenvalue weighted by Gasteiger charge is 2.87. The number of hydrogen-bond donors (Lipinski definition) is 2. The van der Waals surface area contributed by atoms with Crippen LogP contribution in [0.3, 0.4) is 0 Å². The van der Waals surface area contributed by atoms with Crippen molar-refractivity contribution in [2.45, 2.75) is 37.2 Å². The van der Waals surface area contributed by atoms with Gasteiger partial charge in [0.15, 0.2) is 0 Å². The number of pyridine rings is 1. The van der Waals surface area contributed by atoms with Gasteiger partial charge in [0.05, 0.1) is 34.2 Å². The minimum Gasteiger partial charge on any atom is -0.392 e. The van der Waals surface area contributed by atoms with E-state index in [9.17, 15) is 18.7 Å². The molecule has 3 aromatic rings. The molecular formula is C24H20F2N4O2. The zero-order chi connectivity index (χ0) is 22.3. The van der Waals surface area contributed by atoms with Gasteiger partial charge in [0.2, 0.25) is 0 Å². The van der Waals surface area contributed by atoms with Crippen LogP contribution in [0.2, 0.25) is 0 Å². The Morgan fingerprint density at radius 1 is 1.22 bits per heavy atom. The van der Waals surface area contributed by atoms with E-state index in [1.807, 2.05) is 6.07 Å². The summed E-state index contributed by atoms with van der Waals surface area (Å²) in [5.41, 5.74) is 2.44. The van der Waals surface area contributed by atoms with Crippen LogP contribution in [-0.4, -0.2) is 38.8 Å². The maximum absolute atomic E-state index is 14.3. The minimum absolute atomic E-state index is 0.0120. The Balaban J connectivity index is 1.39. The Hall–Kier alpha value is -3.26. The number of carbonyl (C=O) groups excluding carboxylic acids is 1. The van der Waals surface area contributed by atoms with Crippen LogP contribution in [0.4, 0.5) is 8.78 Å². The van der Waals surface area contributed by atoms with Crippen LogP contribution in [0.5, 0.6) is 0 Å². The summed E-state index contributed by atoms with van der Waals surface area (Å²) in [4.78, 5) is 17.1. The summed E-state index contributed by atoms with van der Waals surface area (Å²) in [7, 11) is 0. The molecule has 0 radical (unpaired) electrons. The largest absolute Gasteiger partial charge is 0.392 e. The van der Waals surface area contributed by atoms with Gasteiger partial charge in [-0.3, -0.25) is 4.79 Å². The standard InChI is InChI=1S/C24H20F2N4O2/c1-12(31)10-27-22(32)17-6-3-7-19(28-17)24-11-23(24)9-14(23)13-8-18(29-30-21(13)24)20-15(25)4-2-5-16(20)26/h2-8,12,14,31H,9-11H2,1H3,(H,27,32)/t12-,14-,23?,24-/m0/s1. The van der Waals surface area contributed by atoms with Crippen LogP contribution < -0.4 is 5.32 Å². The first-order valence-corrected chi connectivity index (χ1v) is 10.6. The van der Waals surface area contributed by atoms with Gasteiger partial charge in [0.25, 0.3) is 5.91 Å². The molecule has 2 N–H and O–H groups in total. The molecule has 32 heavy (non-hydrogen) atoms. The van der Waals surface area contributed by atoms with E-state index < -0.39 is 23.2 Å². The molecule has 2 fully saturated rings. The number of carbonyl (C=O) groups is 1. The maximum Gasteiger partial charge on any atom is 0.269 e. The first kappa shape index (κ1) is 19.4. The summed E-state index contributed by atoms with van der Waals surface area (Å²) in [6, 6.07) is 10.8. The molecule has 3 aliphatic rings. The predicted molar refractivity (Wildman–Crippen MR) is 111 cm³/mol. The number of rotatable bonds is 5. The average Bonchev–Trinajstić information content (AvgIpc) is 3.66. The number of nitrogens with zero attached hydrogens (tertiary/aromatic N) is 3. The zero-order valence-corrected chi connectivity index (χ0v) is 17.3. The van der Waals surface area contributed by atoms with E-state index in [0.717, 1.165) is 29.8 Å². The Labute approximate surface area is 182 Å². The van der Waals surface area contributed by atoms with Gasteiger partial charge >= 0.3 is 0 Å². The van der Waals surface area contributed by atoms with Crippen molar-refractivity contribution >= 4 is 5.91 Å². The third kappa shape index (κ3) is 2.47. The zero-order valence-electron chi connectivity index (χ0n) is 17.3. The van der Waals surface area contributed by atoms with Gasteiger partial charge in [-0.15, -0.1) is 5.10 Å². The molecule has 0 aliphatic heterocycles. The number of amides is 1. The molecule has 1 aromatic carbocycles. The van der Waals surface area contributed by atoms with E-state index in [-0.39, 0.29) is 40.7 Å². The molecule has 1 spiro atoms. The SMILES string of the molecule is C[C@H](O)CNC(=O)c1cccc([C@]23CC24C[C@H]4c2cc(-c4c(F)cccc4F)nnc23)n1. The normalized spacial score (nSPS) is 27.2. The summed E-state index contributed by atoms with van der Waals surface area (Å²) < 4.78 is 28.6. The molecule has 4 atom stereocenters. The molecule has 1 amide bonds. The Bertz CT molecular complexity index is 1280. The van der Waals surface area contributed by atoms with E-state index in [1.54, 1.807) is 25.1 Å². The number of halogens is 2. The van der Waals surface area contributed by atoms with E-state index >= 15 is 0 Å². The predicted octanol–water partition coefficient (Wildman–Crippen LogP) is 3.10. The molecule has 8 heteroatoms. The molecule has 2 heterocycles. The van der Waals surface area contributed by atoms with Gasteiger partial charge in [-0.05, 0) is 67.0 Å². The minimum atomic E-state index is -0.666. The monoisotopic (exact) mass is 434 g/mol. The summed E-state index contributed by atoms with van der Waals surface area (Å²) in [5.74, 6) is -1.42. The lowest BCUT2D eigenvalue weighted by Crippen LogP contribution is -2.31. The van der Waals surface area contributed by atoms with Gasteiger partial charge in [0.1, 0.15) is 17.3 Å². The number of benzene rings is 1. The van der Waals surface area contributed by atoms with Crippen molar-refractivity contribution in [1.29, 1.82) is 0 Å². The third-order valence-electron chi connectivity index (χ3n) is 7.18. The first-order valence-electron chi connectivity index (χ1n) is 10.6. The number of aliphatic hydroxyl groups is 1. The van der Waals surface area contributed by atoms with Crippen molar-refractivity contribution in [3.8, 4) is 11.3 Å². The van der Waals surface area contributed by atoms with Crippen molar-refractivity contribution in [3.63, 3.8) is 0 Å². The Morgan fingerprint density at radius 2 is 1.97 bits per heavy atom. The topological polar surface area (TPSA) is 88.0 Å². The summed E-state index contributed by atoms with van der Waals surface area (Å²) in [6.45, 7) is 1.74. The smallest absolute Gasteiger partial charge is 0.269 e. The second-order valence-corrected chi connectivity index (χ2v) is 9.09. The van der Waals surface area contributed by atoms with E-state index in [0.29, 0.717) is 0 Å². The van der Waals surface area contributed by atoms with Gasteiger partial charge in [-0.2, -0.15) is 5.10 Å². The first-order chi connectivity index (χ1) is 15.4. The maximum atomic E-state index is 14.3. The molecule has 6 rings (SSSR count). The van der Waals surface area contributed by atoms with Crippen molar-refractivity contribution < 1.29 is 18.7 Å². The van der Waals surface area contributed by atoms with Gasteiger partial charge in [-0.1, -0.05) is 12.1 Å². The molecule has 1 unspecified atom stereocenters. The average molecular weight is 434 g/mol. The van der Waals surface area contributed by atoms with Crippen LogP contribution in [0.1, 0.15) is 53.1 Å². The summed E-state index contributed by atoms with van der Waals surface area (Å²) in [6.07, 6.45) is 1.20. The van der Waals surface area contributed by atoms with Crippen LogP contribution in [0.15, 0.2) is 42.5 Å². The molecule has 6 nitrogen and oxygen atoms in total. The summed E-state index contributed by atoms with van der Waals surface area (Å²) in [5, 5.41) is 20.7. The van der Waals surface area contributed by atoms with Gasteiger partial charge in [-0.25, -0.2) is 13.8 Å². The highest BCUT2D eigenvalue weighted by molar-refractivity contribution is 5.92. The highest BCUT2D eigenvalue weighted by atomic mass is 19.1. The fourth-order valence-corrected chi connectivity index (χ4v) is 5.59. The number of hydrogen-bond acceptors (Lipinski definition) is 5. The van der Waals surface area contributed by atoms with E-state index in [2.05, 4.69) is 20.5 Å². The second-order valence-electron chi connectivity index (χ2n) is 9.09. The lowest BCUT2D eigenvalue weighted by Gasteiger charge is -2.17. The lowest BCUT2D eigenvalue weighted by atomic mass is 9.93. The number of fused-ring (bicyclic) bond motifs is 3. The van der Waals surface area contributed by atoms with Crippen molar-refractivity contribution in [1.82, 2.24) is 20.5 Å². The Morgan fingerprint density at radius 3 is 2.72 bits per heavy atom. The van der Waals surface area contributed by atoms with E-state index in [1.165, 1.54) is 18.2 Å². The molecular weight excluding hydrogens is 414 g/mol. The van der Waals surface area contributed by atoms with Crippen LogP contribution in [-0.2, 0) is 5.41 Å². The number of aromatic nitrogens is 3. The molecule has 2 saturated carbocycles. The van der Waals surface area contributed by atoms with Crippen LogP contribution in [0, 0.1) is 17.0 Å². The van der Waals surface area contributed by atoms with Crippen LogP contribution >= 0.6 is 0 Å². The molecule has 0 bridgehead atoms. The fraction of sp³-hybridized carbons (Fsp3) is 0.333. The second kappa shape index (κ2) is 6.38. The van der Waals surface area contributed by atoms with Crippen molar-refractivity contribution in [2.24, 2.45) is 5.41 Å². The molecule has 162 valence electrons. The van der Waals surface area contributed by atoms with Crippen molar-refractivity contribution in [3.05, 3.63) is 76.7 Å². The third-order valence-corrected chi connectivity index (χ3v) is 7.18. The van der Waals surface area contributed by atoms with Gasteiger partial charge < -0.3 is 10.4 Å². The summed E-state index contributed by atoms with van der Waals surface area (Å²) >= 11 is 0. The lowest BCUT2D eigenvalue weighted by molar-refractivity contribution is 0.0918. The number of nitrogens with one attached hydrogen (secondary N) is 1. The van der Waals surface area contributed by atoms with Crippen LogP contribution in [0.25, 0.3) is 11.3 Å². The van der Waals surface area contributed by atoms with E-state index in [4.69, 9.17) is 0 Å².